The summed E-state index contributed by atoms with van der Waals surface area (Å²) in [5, 5.41) is 7.47. The van der Waals surface area contributed by atoms with Crippen molar-refractivity contribution in [1.29, 1.82) is 0 Å². The number of carbonyl (C=O) groups is 1. The van der Waals surface area contributed by atoms with Gasteiger partial charge in [0.1, 0.15) is 12.1 Å². The monoisotopic (exact) mass is 436 g/mol. The molecule has 3 heterocycles. The van der Waals surface area contributed by atoms with Crippen molar-refractivity contribution in [3.63, 3.8) is 0 Å². The lowest BCUT2D eigenvalue weighted by Crippen LogP contribution is -2.34. The van der Waals surface area contributed by atoms with Crippen LogP contribution < -0.4 is 20.7 Å². The number of aromatic nitrogens is 3. The Morgan fingerprint density at radius 2 is 2.03 bits per heavy atom. The third-order valence-corrected chi connectivity index (χ3v) is 6.75. The maximum atomic E-state index is 12.7. The van der Waals surface area contributed by atoms with Gasteiger partial charge in [-0.15, -0.1) is 5.10 Å². The zero-order valence-electron chi connectivity index (χ0n) is 18.5. The quantitative estimate of drug-likeness (QED) is 0.657. The van der Waals surface area contributed by atoms with Gasteiger partial charge in [-0.05, 0) is 42.9 Å². The number of amides is 1. The van der Waals surface area contributed by atoms with Gasteiger partial charge in [0, 0.05) is 38.9 Å². The summed E-state index contributed by atoms with van der Waals surface area (Å²) in [6.45, 7) is 1.73. The molecule has 1 aromatic carbocycles. The van der Waals surface area contributed by atoms with Crippen molar-refractivity contribution in [3.05, 3.63) is 41.0 Å². The zero-order chi connectivity index (χ0) is 22.3. The Kier molecular flexibility index (Phi) is 5.11. The molecule has 5 rings (SSSR count). The van der Waals surface area contributed by atoms with Crippen molar-refractivity contribution >= 4 is 34.2 Å². The highest BCUT2D eigenvalue weighted by Crippen LogP contribution is 2.46. The van der Waals surface area contributed by atoms with E-state index in [-0.39, 0.29) is 18.0 Å². The molecule has 1 spiro atoms. The van der Waals surface area contributed by atoms with Crippen LogP contribution in [0.15, 0.2) is 39.9 Å². The van der Waals surface area contributed by atoms with Crippen LogP contribution >= 0.6 is 0 Å². The predicted octanol–water partition coefficient (Wildman–Crippen LogP) is 2.86. The number of oxazole rings is 1. The Labute approximate surface area is 186 Å². The average molecular weight is 437 g/mol. The van der Waals surface area contributed by atoms with E-state index in [1.165, 1.54) is 36.8 Å². The summed E-state index contributed by atoms with van der Waals surface area (Å²) in [6.07, 6.45) is 7.63. The minimum absolute atomic E-state index is 0.157. The van der Waals surface area contributed by atoms with Gasteiger partial charge >= 0.3 is 0 Å². The average Bonchev–Trinajstić information content (AvgIpc) is 3.51. The first-order chi connectivity index (χ1) is 15.4. The van der Waals surface area contributed by atoms with E-state index >= 15 is 0 Å². The van der Waals surface area contributed by atoms with E-state index in [1.807, 2.05) is 19.0 Å². The van der Waals surface area contributed by atoms with E-state index in [0.29, 0.717) is 22.2 Å². The molecule has 0 bridgehead atoms. The van der Waals surface area contributed by atoms with E-state index in [2.05, 4.69) is 20.3 Å². The van der Waals surface area contributed by atoms with Gasteiger partial charge in [0.2, 0.25) is 5.91 Å². The van der Waals surface area contributed by atoms with Crippen molar-refractivity contribution < 1.29 is 9.21 Å². The van der Waals surface area contributed by atoms with E-state index in [1.54, 1.807) is 24.3 Å². The van der Waals surface area contributed by atoms with Crippen LogP contribution in [-0.2, 0) is 11.3 Å². The van der Waals surface area contributed by atoms with E-state index in [9.17, 15) is 9.59 Å². The van der Waals surface area contributed by atoms with Crippen molar-refractivity contribution in [1.82, 2.24) is 14.8 Å². The summed E-state index contributed by atoms with van der Waals surface area (Å²) in [7, 11) is 3.83. The minimum atomic E-state index is -0.320. The van der Waals surface area contributed by atoms with Crippen molar-refractivity contribution in [2.75, 3.05) is 42.3 Å². The van der Waals surface area contributed by atoms with Crippen LogP contribution in [0.5, 0.6) is 0 Å². The molecule has 1 N–H and O–H groups in total. The molecule has 0 radical (unpaired) electrons. The summed E-state index contributed by atoms with van der Waals surface area (Å²) in [4.78, 5) is 33.7. The van der Waals surface area contributed by atoms with Gasteiger partial charge in [-0.3, -0.25) is 9.59 Å². The smallest absolute Gasteiger partial charge is 0.269 e. The second kappa shape index (κ2) is 7.96. The largest absolute Gasteiger partial charge is 0.443 e. The lowest BCUT2D eigenvalue weighted by molar-refractivity contribution is -0.117. The van der Waals surface area contributed by atoms with Crippen LogP contribution in [0.1, 0.15) is 32.1 Å². The second-order valence-electron chi connectivity index (χ2n) is 9.21. The maximum Gasteiger partial charge on any atom is 0.269 e. The maximum absolute atomic E-state index is 12.7. The number of rotatable bonds is 5. The summed E-state index contributed by atoms with van der Waals surface area (Å²) < 4.78 is 6.48. The highest BCUT2D eigenvalue weighted by Gasteiger charge is 2.41. The molecule has 1 saturated carbocycles. The topological polar surface area (TPSA) is 96.5 Å². The third kappa shape index (κ3) is 3.83. The Morgan fingerprint density at radius 3 is 2.81 bits per heavy atom. The van der Waals surface area contributed by atoms with Gasteiger partial charge < -0.3 is 19.5 Å². The number of hydrogen-bond acceptors (Lipinski definition) is 7. The first-order valence-electron chi connectivity index (χ1n) is 11.1. The highest BCUT2D eigenvalue weighted by molar-refractivity contribution is 5.92. The van der Waals surface area contributed by atoms with Gasteiger partial charge in [0.25, 0.3) is 5.56 Å². The SMILES string of the molecule is CN(C)c1cc(=O)n(CC(=O)Nc2ccc3ocnc3c2)nc1N1CCC2(CCCC2)C1. The zero-order valence-corrected chi connectivity index (χ0v) is 18.5. The van der Waals surface area contributed by atoms with Gasteiger partial charge in [-0.1, -0.05) is 12.8 Å². The first-order valence-corrected chi connectivity index (χ1v) is 11.1. The fourth-order valence-electron chi connectivity index (χ4n) is 5.06. The number of nitrogens with zero attached hydrogens (tertiary/aromatic N) is 5. The fourth-order valence-corrected chi connectivity index (χ4v) is 5.06. The highest BCUT2D eigenvalue weighted by atomic mass is 16.3. The number of nitrogens with one attached hydrogen (secondary N) is 1. The molecular weight excluding hydrogens is 408 g/mol. The van der Waals surface area contributed by atoms with Crippen LogP contribution in [0.25, 0.3) is 11.1 Å². The Morgan fingerprint density at radius 1 is 1.22 bits per heavy atom. The van der Waals surface area contributed by atoms with Crippen LogP contribution in [0, 0.1) is 5.41 Å². The van der Waals surface area contributed by atoms with Gasteiger partial charge in [-0.25, -0.2) is 9.67 Å². The predicted molar refractivity (Wildman–Crippen MR) is 123 cm³/mol. The Bertz CT molecular complexity index is 1210. The van der Waals surface area contributed by atoms with Crippen molar-refractivity contribution in [2.45, 2.75) is 38.6 Å². The second-order valence-corrected chi connectivity index (χ2v) is 9.21. The van der Waals surface area contributed by atoms with Crippen molar-refractivity contribution in [2.24, 2.45) is 5.41 Å². The number of carbonyl (C=O) groups excluding carboxylic acids is 1. The molecule has 0 atom stereocenters. The molecule has 0 unspecified atom stereocenters. The minimum Gasteiger partial charge on any atom is -0.443 e. The summed E-state index contributed by atoms with van der Waals surface area (Å²) in [5.41, 5.74) is 2.77. The van der Waals surface area contributed by atoms with E-state index < -0.39 is 0 Å². The van der Waals surface area contributed by atoms with Crippen LogP contribution in [0.3, 0.4) is 0 Å². The number of fused-ring (bicyclic) bond motifs is 1. The Hall–Kier alpha value is -3.36. The Balaban J connectivity index is 1.38. The molecule has 1 aliphatic heterocycles. The standard InChI is InChI=1S/C23H28N6O3/c1-27(2)18-12-21(31)29(26-22(18)28-10-9-23(14-28)7-3-4-8-23)13-20(30)25-16-5-6-19-17(11-16)24-15-32-19/h5-6,11-12,15H,3-4,7-10,13-14H2,1-2H3,(H,25,30). The molecule has 168 valence electrons. The third-order valence-electron chi connectivity index (χ3n) is 6.75. The molecular formula is C23H28N6O3. The molecule has 9 nitrogen and oxygen atoms in total. The molecule has 1 aliphatic carbocycles. The van der Waals surface area contributed by atoms with E-state index in [0.717, 1.165) is 31.0 Å². The molecule has 32 heavy (non-hydrogen) atoms. The van der Waals surface area contributed by atoms with Gasteiger partial charge in [-0.2, -0.15) is 0 Å². The number of benzene rings is 1. The van der Waals surface area contributed by atoms with Crippen LogP contribution in [0.4, 0.5) is 17.2 Å². The molecule has 2 aliphatic rings. The van der Waals surface area contributed by atoms with Crippen molar-refractivity contribution in [3.8, 4) is 0 Å². The molecule has 3 aromatic rings. The van der Waals surface area contributed by atoms with E-state index in [4.69, 9.17) is 4.42 Å². The molecule has 1 saturated heterocycles. The van der Waals surface area contributed by atoms with Crippen LogP contribution in [0.2, 0.25) is 0 Å². The fraction of sp³-hybridized carbons (Fsp3) is 0.478. The molecule has 9 heteroatoms. The van der Waals surface area contributed by atoms with Gasteiger partial charge in [0.15, 0.2) is 17.8 Å². The number of anilines is 3. The summed E-state index contributed by atoms with van der Waals surface area (Å²) in [5.74, 6) is 0.454. The lowest BCUT2D eigenvalue weighted by atomic mass is 9.86. The molecule has 1 amide bonds. The molecule has 2 fully saturated rings. The normalized spacial score (nSPS) is 17.4. The summed E-state index contributed by atoms with van der Waals surface area (Å²) in [6, 6.07) is 6.81. The lowest BCUT2D eigenvalue weighted by Gasteiger charge is -2.27. The molecule has 2 aromatic heterocycles. The number of hydrogen-bond donors (Lipinski definition) is 1. The van der Waals surface area contributed by atoms with Crippen LogP contribution in [-0.4, -0.2) is 47.9 Å². The van der Waals surface area contributed by atoms with Gasteiger partial charge in [0.05, 0.1) is 5.69 Å². The first kappa shape index (κ1) is 20.5. The summed E-state index contributed by atoms with van der Waals surface area (Å²) >= 11 is 0.